The maximum absolute atomic E-state index is 13.5. The van der Waals surface area contributed by atoms with Gasteiger partial charge in [0.15, 0.2) is 12.3 Å². The van der Waals surface area contributed by atoms with Gasteiger partial charge in [-0.2, -0.15) is 4.39 Å². The fourth-order valence-corrected chi connectivity index (χ4v) is 2.39. The fraction of sp³-hybridized carbons (Fsp3) is 0.600. The normalized spacial score (nSPS) is 25.1. The number of hydrogen-bond donors (Lipinski definition) is 2. The van der Waals surface area contributed by atoms with E-state index >= 15 is 0 Å². The first-order valence-electron chi connectivity index (χ1n) is 7.98. The number of halogens is 1. The molecule has 2 N–H and O–H groups in total. The number of ether oxygens (including phenoxy) is 3. The first-order chi connectivity index (χ1) is 12.3. The molecule has 0 saturated carbocycles. The average molecular weight is 374 g/mol. The fourth-order valence-electron chi connectivity index (χ4n) is 2.39. The SMILES string of the molecule is CCC(=O)OC[C@H]1O[C@@H](n2cc(F)c(=O)[nH]c2=O)[C@H](O)[C@@H]1OC(=O)CC. The highest BCUT2D eigenvalue weighted by Crippen LogP contribution is 2.31. The summed E-state index contributed by atoms with van der Waals surface area (Å²) in [5, 5.41) is 10.4. The zero-order valence-electron chi connectivity index (χ0n) is 14.1. The van der Waals surface area contributed by atoms with Crippen molar-refractivity contribution in [3.63, 3.8) is 0 Å². The Morgan fingerprint density at radius 3 is 2.58 bits per heavy atom. The van der Waals surface area contributed by atoms with Crippen LogP contribution in [0.25, 0.3) is 0 Å². The van der Waals surface area contributed by atoms with Gasteiger partial charge in [-0.05, 0) is 0 Å². The van der Waals surface area contributed by atoms with Crippen LogP contribution in [-0.2, 0) is 23.8 Å². The maximum atomic E-state index is 13.5. The molecular formula is C15H19FN2O8. The van der Waals surface area contributed by atoms with E-state index in [0.29, 0.717) is 10.8 Å². The van der Waals surface area contributed by atoms with E-state index in [9.17, 15) is 28.7 Å². The van der Waals surface area contributed by atoms with Crippen LogP contribution >= 0.6 is 0 Å². The smallest absolute Gasteiger partial charge is 0.330 e. The van der Waals surface area contributed by atoms with Gasteiger partial charge in [0.2, 0.25) is 5.82 Å². The number of nitrogens with zero attached hydrogens (tertiary/aromatic N) is 1. The van der Waals surface area contributed by atoms with Crippen LogP contribution in [0.15, 0.2) is 15.8 Å². The third kappa shape index (κ3) is 4.17. The standard InChI is InChI=1S/C15H19FN2O8/c1-3-9(19)24-6-8-12(26-10(20)4-2)11(21)14(25-8)18-5-7(16)13(22)17-15(18)23/h5,8,11-12,14,21H,3-4,6H2,1-2H3,(H,17,22,23)/t8-,11-,12-,14-/m1/s1. The van der Waals surface area contributed by atoms with Gasteiger partial charge in [-0.25, -0.2) is 4.79 Å². The van der Waals surface area contributed by atoms with Crippen molar-refractivity contribution in [2.75, 3.05) is 6.61 Å². The van der Waals surface area contributed by atoms with Crippen molar-refractivity contribution >= 4 is 11.9 Å². The van der Waals surface area contributed by atoms with Crippen LogP contribution in [0.5, 0.6) is 0 Å². The summed E-state index contributed by atoms with van der Waals surface area (Å²) in [5.74, 6) is -2.45. The Balaban J connectivity index is 2.30. The molecular weight excluding hydrogens is 355 g/mol. The highest BCUT2D eigenvalue weighted by Gasteiger charge is 2.48. The number of nitrogens with one attached hydrogen (secondary N) is 1. The van der Waals surface area contributed by atoms with Crippen LogP contribution in [0, 0.1) is 5.82 Å². The number of carbonyl (C=O) groups excluding carboxylic acids is 2. The van der Waals surface area contributed by atoms with Crippen LogP contribution in [0.1, 0.15) is 32.9 Å². The molecule has 1 aromatic heterocycles. The Kier molecular flexibility index (Phi) is 6.27. The predicted octanol–water partition coefficient (Wildman–Crippen LogP) is -0.791. The monoisotopic (exact) mass is 374 g/mol. The van der Waals surface area contributed by atoms with Gasteiger partial charge in [0.25, 0.3) is 5.56 Å². The second-order valence-corrected chi connectivity index (χ2v) is 5.54. The predicted molar refractivity (Wildman–Crippen MR) is 82.6 cm³/mol. The number of hydrogen-bond acceptors (Lipinski definition) is 8. The Labute approximate surface area is 146 Å². The zero-order chi connectivity index (χ0) is 19.4. The van der Waals surface area contributed by atoms with Crippen LogP contribution in [0.2, 0.25) is 0 Å². The molecule has 11 heteroatoms. The molecule has 0 unspecified atom stereocenters. The van der Waals surface area contributed by atoms with E-state index in [1.54, 1.807) is 11.9 Å². The van der Waals surface area contributed by atoms with Gasteiger partial charge in [0, 0.05) is 12.8 Å². The molecule has 1 aliphatic rings. The van der Waals surface area contributed by atoms with E-state index in [0.717, 1.165) is 0 Å². The summed E-state index contributed by atoms with van der Waals surface area (Å²) in [5.41, 5.74) is -2.24. The number of aromatic nitrogens is 2. The second-order valence-electron chi connectivity index (χ2n) is 5.54. The van der Waals surface area contributed by atoms with Crippen LogP contribution in [-0.4, -0.2) is 51.5 Å². The number of carbonyl (C=O) groups is 2. The highest BCUT2D eigenvalue weighted by atomic mass is 19.1. The van der Waals surface area contributed by atoms with Gasteiger partial charge >= 0.3 is 17.6 Å². The molecule has 1 aliphatic heterocycles. The lowest BCUT2D eigenvalue weighted by molar-refractivity contribution is -0.159. The van der Waals surface area contributed by atoms with Crippen molar-refractivity contribution in [3.05, 3.63) is 32.9 Å². The van der Waals surface area contributed by atoms with Crippen molar-refractivity contribution in [1.29, 1.82) is 0 Å². The molecule has 2 heterocycles. The lowest BCUT2D eigenvalue weighted by atomic mass is 10.1. The summed E-state index contributed by atoms with van der Waals surface area (Å²) in [6, 6.07) is 0. The largest absolute Gasteiger partial charge is 0.463 e. The molecule has 0 spiro atoms. The number of aliphatic hydroxyl groups is 1. The number of aromatic amines is 1. The average Bonchev–Trinajstić information content (AvgIpc) is 2.91. The molecule has 0 aliphatic carbocycles. The molecule has 0 aromatic carbocycles. The number of esters is 2. The van der Waals surface area contributed by atoms with E-state index in [4.69, 9.17) is 14.2 Å². The Bertz CT molecular complexity index is 789. The Morgan fingerprint density at radius 2 is 1.96 bits per heavy atom. The topological polar surface area (TPSA) is 137 Å². The third-order valence-electron chi connectivity index (χ3n) is 3.76. The quantitative estimate of drug-likeness (QED) is 0.618. The van der Waals surface area contributed by atoms with E-state index in [1.807, 2.05) is 0 Å². The molecule has 1 fully saturated rings. The number of H-pyrrole nitrogens is 1. The molecule has 1 aromatic rings. The summed E-state index contributed by atoms with van der Waals surface area (Å²) >= 11 is 0. The molecule has 26 heavy (non-hydrogen) atoms. The van der Waals surface area contributed by atoms with E-state index < -0.39 is 53.5 Å². The number of aliphatic hydroxyl groups excluding tert-OH is 1. The molecule has 1 saturated heterocycles. The minimum atomic E-state index is -1.56. The second kappa shape index (κ2) is 8.23. The summed E-state index contributed by atoms with van der Waals surface area (Å²) in [7, 11) is 0. The zero-order valence-corrected chi connectivity index (χ0v) is 14.1. The van der Waals surface area contributed by atoms with Crippen molar-refractivity contribution < 1.29 is 33.3 Å². The van der Waals surface area contributed by atoms with Crippen LogP contribution in [0.4, 0.5) is 4.39 Å². The summed E-state index contributed by atoms with van der Waals surface area (Å²) in [4.78, 5) is 47.7. The molecule has 4 atom stereocenters. The first kappa shape index (κ1) is 19.8. The lowest BCUT2D eigenvalue weighted by Crippen LogP contribution is -2.40. The summed E-state index contributed by atoms with van der Waals surface area (Å²) in [6.45, 7) is 2.77. The van der Waals surface area contributed by atoms with Gasteiger partial charge < -0.3 is 19.3 Å². The Morgan fingerprint density at radius 1 is 1.31 bits per heavy atom. The van der Waals surface area contributed by atoms with Crippen LogP contribution < -0.4 is 11.2 Å². The van der Waals surface area contributed by atoms with E-state index in [-0.39, 0.29) is 19.4 Å². The molecule has 0 radical (unpaired) electrons. The van der Waals surface area contributed by atoms with Crippen molar-refractivity contribution in [1.82, 2.24) is 9.55 Å². The Hall–Kier alpha value is -2.53. The van der Waals surface area contributed by atoms with E-state index in [2.05, 4.69) is 0 Å². The number of rotatable bonds is 6. The van der Waals surface area contributed by atoms with Gasteiger partial charge in [-0.15, -0.1) is 0 Å². The van der Waals surface area contributed by atoms with Gasteiger partial charge in [-0.3, -0.25) is 23.9 Å². The van der Waals surface area contributed by atoms with Gasteiger partial charge in [0.1, 0.15) is 18.8 Å². The minimum Gasteiger partial charge on any atom is -0.463 e. The van der Waals surface area contributed by atoms with Crippen molar-refractivity contribution in [2.45, 2.75) is 51.2 Å². The minimum absolute atomic E-state index is 0.0165. The van der Waals surface area contributed by atoms with Crippen molar-refractivity contribution in [3.8, 4) is 0 Å². The first-order valence-corrected chi connectivity index (χ1v) is 7.98. The van der Waals surface area contributed by atoms with Gasteiger partial charge in [-0.1, -0.05) is 13.8 Å². The van der Waals surface area contributed by atoms with Crippen molar-refractivity contribution in [2.24, 2.45) is 0 Å². The van der Waals surface area contributed by atoms with Gasteiger partial charge in [0.05, 0.1) is 6.20 Å². The van der Waals surface area contributed by atoms with Crippen LogP contribution in [0.3, 0.4) is 0 Å². The molecule has 2 rings (SSSR count). The summed E-state index contributed by atoms with van der Waals surface area (Å²) < 4.78 is 29.6. The highest BCUT2D eigenvalue weighted by molar-refractivity contribution is 5.69. The molecule has 0 bridgehead atoms. The maximum Gasteiger partial charge on any atom is 0.330 e. The molecule has 10 nitrogen and oxygen atoms in total. The molecule has 0 amide bonds. The third-order valence-corrected chi connectivity index (χ3v) is 3.76. The summed E-state index contributed by atoms with van der Waals surface area (Å²) in [6.07, 6.45) is -4.64. The lowest BCUT2D eigenvalue weighted by Gasteiger charge is -2.20. The molecule has 144 valence electrons. The van der Waals surface area contributed by atoms with E-state index in [1.165, 1.54) is 6.92 Å².